The van der Waals surface area contributed by atoms with E-state index in [4.69, 9.17) is 9.84 Å². The normalized spacial score (nSPS) is 16.6. The Bertz CT molecular complexity index is 594. The van der Waals surface area contributed by atoms with Gasteiger partial charge in [-0.1, -0.05) is 11.8 Å². The summed E-state index contributed by atoms with van der Waals surface area (Å²) in [5.74, 6) is 5.35. The molecule has 0 radical (unpaired) electrons. The Morgan fingerprint density at radius 3 is 2.85 bits per heavy atom. The second kappa shape index (κ2) is 7.17. The standard InChI is InChI=1S/C12H16N2O4S2/c15-7-1-2-11-3-4-12(19-11)10-13-20(16,17)14-5-8-18-9-6-14/h3-4,13,15H,5-10H2. The Hall–Kier alpha value is -0.950. The van der Waals surface area contributed by atoms with Gasteiger partial charge in [-0.25, -0.2) is 0 Å². The Labute approximate surface area is 122 Å². The molecule has 6 nitrogen and oxygen atoms in total. The van der Waals surface area contributed by atoms with Gasteiger partial charge in [-0.15, -0.1) is 11.3 Å². The fourth-order valence-electron chi connectivity index (χ4n) is 1.71. The van der Waals surface area contributed by atoms with Crippen molar-refractivity contribution in [3.05, 3.63) is 21.9 Å². The highest BCUT2D eigenvalue weighted by atomic mass is 32.2. The minimum Gasteiger partial charge on any atom is -0.384 e. The van der Waals surface area contributed by atoms with Crippen LogP contribution in [0.2, 0.25) is 0 Å². The number of aliphatic hydroxyl groups excluding tert-OH is 1. The van der Waals surface area contributed by atoms with E-state index in [2.05, 4.69) is 16.6 Å². The van der Waals surface area contributed by atoms with E-state index in [0.717, 1.165) is 9.75 Å². The largest absolute Gasteiger partial charge is 0.384 e. The Balaban J connectivity index is 1.92. The van der Waals surface area contributed by atoms with Crippen LogP contribution in [0.15, 0.2) is 12.1 Å². The number of nitrogens with zero attached hydrogens (tertiary/aromatic N) is 1. The van der Waals surface area contributed by atoms with E-state index in [-0.39, 0.29) is 13.2 Å². The third-order valence-corrected chi connectivity index (χ3v) is 5.25. The lowest BCUT2D eigenvalue weighted by Crippen LogP contribution is -2.46. The van der Waals surface area contributed by atoms with E-state index in [1.165, 1.54) is 15.6 Å². The van der Waals surface area contributed by atoms with Crippen molar-refractivity contribution in [2.45, 2.75) is 6.54 Å². The molecular formula is C12H16N2O4S2. The lowest BCUT2D eigenvalue weighted by atomic mass is 10.4. The first kappa shape index (κ1) is 15.4. The molecule has 2 rings (SSSR count). The van der Waals surface area contributed by atoms with Crippen molar-refractivity contribution < 1.29 is 18.3 Å². The molecule has 1 fully saturated rings. The summed E-state index contributed by atoms with van der Waals surface area (Å²) in [6.45, 7) is 1.68. The Kier molecular flexibility index (Phi) is 5.54. The lowest BCUT2D eigenvalue weighted by molar-refractivity contribution is 0.0725. The minimum absolute atomic E-state index is 0.184. The van der Waals surface area contributed by atoms with Gasteiger partial charge in [0.2, 0.25) is 0 Å². The summed E-state index contributed by atoms with van der Waals surface area (Å²) < 4.78 is 33.2. The van der Waals surface area contributed by atoms with Crippen molar-refractivity contribution in [3.8, 4) is 11.8 Å². The van der Waals surface area contributed by atoms with E-state index in [1.807, 2.05) is 12.1 Å². The fourth-order valence-corrected chi connectivity index (χ4v) is 3.77. The third kappa shape index (κ3) is 4.28. The van der Waals surface area contributed by atoms with Gasteiger partial charge in [-0.3, -0.25) is 0 Å². The van der Waals surface area contributed by atoms with Crippen molar-refractivity contribution in [2.75, 3.05) is 32.9 Å². The van der Waals surface area contributed by atoms with Crippen LogP contribution >= 0.6 is 11.3 Å². The molecule has 0 unspecified atom stereocenters. The number of nitrogens with one attached hydrogen (secondary N) is 1. The topological polar surface area (TPSA) is 78.9 Å². The van der Waals surface area contributed by atoms with Gasteiger partial charge in [0.05, 0.1) is 18.1 Å². The summed E-state index contributed by atoms with van der Waals surface area (Å²) in [4.78, 5) is 1.68. The molecule has 0 spiro atoms. The van der Waals surface area contributed by atoms with Gasteiger partial charge in [-0.05, 0) is 12.1 Å². The molecule has 1 aromatic rings. The number of rotatable bonds is 4. The summed E-state index contributed by atoms with van der Waals surface area (Å²) >= 11 is 1.41. The van der Waals surface area contributed by atoms with Crippen molar-refractivity contribution in [1.82, 2.24) is 9.03 Å². The molecule has 0 saturated carbocycles. The maximum Gasteiger partial charge on any atom is 0.279 e. The quantitative estimate of drug-likeness (QED) is 0.752. The predicted octanol–water partition coefficient (Wildman–Crippen LogP) is -0.241. The monoisotopic (exact) mass is 316 g/mol. The van der Waals surface area contributed by atoms with Crippen LogP contribution in [0.4, 0.5) is 0 Å². The summed E-state index contributed by atoms with van der Waals surface area (Å²) in [5.41, 5.74) is 0. The Morgan fingerprint density at radius 2 is 2.15 bits per heavy atom. The number of ether oxygens (including phenoxy) is 1. The maximum absolute atomic E-state index is 12.0. The average molecular weight is 316 g/mol. The maximum atomic E-state index is 12.0. The van der Waals surface area contributed by atoms with Gasteiger partial charge < -0.3 is 9.84 Å². The van der Waals surface area contributed by atoms with Gasteiger partial charge in [0.25, 0.3) is 10.2 Å². The molecule has 8 heteroatoms. The van der Waals surface area contributed by atoms with Crippen molar-refractivity contribution in [3.63, 3.8) is 0 Å². The highest BCUT2D eigenvalue weighted by Gasteiger charge is 2.23. The molecule has 2 heterocycles. The van der Waals surface area contributed by atoms with Gasteiger partial charge in [0, 0.05) is 24.5 Å². The van der Waals surface area contributed by atoms with E-state index in [0.29, 0.717) is 26.3 Å². The molecule has 1 saturated heterocycles. The zero-order valence-electron chi connectivity index (χ0n) is 10.8. The molecule has 1 aliphatic heterocycles. The van der Waals surface area contributed by atoms with Crippen molar-refractivity contribution in [2.24, 2.45) is 0 Å². The van der Waals surface area contributed by atoms with Gasteiger partial charge in [0.15, 0.2) is 0 Å². The minimum atomic E-state index is -3.46. The molecule has 0 aromatic carbocycles. The first-order valence-electron chi connectivity index (χ1n) is 6.13. The number of hydrogen-bond donors (Lipinski definition) is 2. The summed E-state index contributed by atoms with van der Waals surface area (Å²) in [6.07, 6.45) is 0. The molecule has 110 valence electrons. The summed E-state index contributed by atoms with van der Waals surface area (Å²) in [5, 5.41) is 8.61. The molecule has 20 heavy (non-hydrogen) atoms. The number of aliphatic hydroxyl groups is 1. The summed E-state index contributed by atoms with van der Waals surface area (Å²) in [7, 11) is -3.46. The van der Waals surface area contributed by atoms with Gasteiger partial charge >= 0.3 is 0 Å². The van der Waals surface area contributed by atoms with E-state index < -0.39 is 10.2 Å². The average Bonchev–Trinajstić information content (AvgIpc) is 2.92. The predicted molar refractivity (Wildman–Crippen MR) is 76.4 cm³/mol. The first-order chi connectivity index (χ1) is 9.62. The summed E-state index contributed by atoms with van der Waals surface area (Å²) in [6, 6.07) is 3.64. The highest BCUT2D eigenvalue weighted by molar-refractivity contribution is 7.87. The van der Waals surface area contributed by atoms with Crippen LogP contribution in [0.3, 0.4) is 0 Å². The number of morpholine rings is 1. The third-order valence-electron chi connectivity index (χ3n) is 2.69. The molecule has 0 bridgehead atoms. The van der Waals surface area contributed by atoms with Crippen LogP contribution in [0, 0.1) is 11.8 Å². The molecule has 1 aliphatic rings. The fraction of sp³-hybridized carbons (Fsp3) is 0.500. The molecular weight excluding hydrogens is 300 g/mol. The van der Waals surface area contributed by atoms with Crippen LogP contribution in [0.25, 0.3) is 0 Å². The van der Waals surface area contributed by atoms with Crippen LogP contribution in [-0.2, 0) is 21.5 Å². The molecule has 1 aromatic heterocycles. The zero-order valence-corrected chi connectivity index (χ0v) is 12.5. The lowest BCUT2D eigenvalue weighted by Gasteiger charge is -2.25. The van der Waals surface area contributed by atoms with Crippen molar-refractivity contribution >= 4 is 21.5 Å². The highest BCUT2D eigenvalue weighted by Crippen LogP contribution is 2.15. The second-order valence-corrected chi connectivity index (χ2v) is 6.99. The SMILES string of the molecule is O=S(=O)(NCc1ccc(C#CCO)s1)N1CCOCC1. The van der Waals surface area contributed by atoms with Gasteiger partial charge in [0.1, 0.15) is 6.61 Å². The van der Waals surface area contributed by atoms with Crippen LogP contribution in [0.1, 0.15) is 9.75 Å². The zero-order chi connectivity index (χ0) is 14.4. The molecule has 0 atom stereocenters. The van der Waals surface area contributed by atoms with Crippen molar-refractivity contribution in [1.29, 1.82) is 0 Å². The molecule has 0 amide bonds. The van der Waals surface area contributed by atoms with E-state index >= 15 is 0 Å². The number of thiophene rings is 1. The second-order valence-electron chi connectivity index (χ2n) is 4.06. The molecule has 2 N–H and O–H groups in total. The first-order valence-corrected chi connectivity index (χ1v) is 8.38. The molecule has 0 aliphatic carbocycles. The van der Waals surface area contributed by atoms with Gasteiger partial charge in [-0.2, -0.15) is 17.4 Å². The van der Waals surface area contributed by atoms with Crippen LogP contribution < -0.4 is 4.72 Å². The van der Waals surface area contributed by atoms with Crippen LogP contribution in [-0.4, -0.2) is 50.7 Å². The smallest absolute Gasteiger partial charge is 0.279 e. The number of hydrogen-bond acceptors (Lipinski definition) is 5. The van der Waals surface area contributed by atoms with E-state index in [1.54, 1.807) is 0 Å². The Morgan fingerprint density at radius 1 is 1.40 bits per heavy atom. The van der Waals surface area contributed by atoms with E-state index in [9.17, 15) is 8.42 Å². The van der Waals surface area contributed by atoms with Crippen LogP contribution in [0.5, 0.6) is 0 Å².